The van der Waals surface area contributed by atoms with Gasteiger partial charge < -0.3 is 5.32 Å². The van der Waals surface area contributed by atoms with Gasteiger partial charge >= 0.3 is 0 Å². The van der Waals surface area contributed by atoms with Crippen molar-refractivity contribution in [2.45, 2.75) is 27.7 Å². The van der Waals surface area contributed by atoms with Gasteiger partial charge in [0, 0.05) is 12.7 Å². The quantitative estimate of drug-likeness (QED) is 0.864. The van der Waals surface area contributed by atoms with E-state index in [4.69, 9.17) is 23.2 Å². The fraction of sp³-hybridized carbons (Fsp3) is 0.583. The van der Waals surface area contributed by atoms with E-state index in [1.54, 1.807) is 12.3 Å². The molecule has 0 radical (unpaired) electrons. The summed E-state index contributed by atoms with van der Waals surface area (Å²) in [6.45, 7) is 9.68. The number of nitrogens with one attached hydrogen (secondary N) is 1. The molecule has 1 heterocycles. The summed E-state index contributed by atoms with van der Waals surface area (Å²) in [6.07, 6.45) is 1.60. The summed E-state index contributed by atoms with van der Waals surface area (Å²) in [5, 5.41) is 4.38. The van der Waals surface area contributed by atoms with E-state index < -0.39 is 0 Å². The van der Waals surface area contributed by atoms with Crippen molar-refractivity contribution in [2.75, 3.05) is 11.9 Å². The number of nitrogens with zero attached hydrogens (tertiary/aromatic N) is 1. The molecule has 0 aromatic carbocycles. The monoisotopic (exact) mass is 260 g/mol. The van der Waals surface area contributed by atoms with Crippen molar-refractivity contribution >= 4 is 29.0 Å². The van der Waals surface area contributed by atoms with Gasteiger partial charge in [-0.25, -0.2) is 4.98 Å². The zero-order valence-corrected chi connectivity index (χ0v) is 11.7. The highest BCUT2D eigenvalue weighted by atomic mass is 35.5. The number of halogens is 2. The van der Waals surface area contributed by atoms with E-state index in [2.05, 4.69) is 38.0 Å². The van der Waals surface area contributed by atoms with Gasteiger partial charge in [0.1, 0.15) is 5.82 Å². The molecule has 0 fully saturated rings. The Morgan fingerprint density at radius 3 is 2.50 bits per heavy atom. The molecule has 16 heavy (non-hydrogen) atoms. The molecule has 0 unspecified atom stereocenters. The zero-order valence-electron chi connectivity index (χ0n) is 10.1. The van der Waals surface area contributed by atoms with Crippen LogP contribution in [0.3, 0.4) is 0 Å². The van der Waals surface area contributed by atoms with E-state index in [0.29, 0.717) is 21.8 Å². The summed E-state index contributed by atoms with van der Waals surface area (Å²) in [5.74, 6) is 1.28. The molecule has 0 amide bonds. The first-order chi connectivity index (χ1) is 7.33. The fourth-order valence-electron chi connectivity index (χ4n) is 1.06. The first-order valence-electron chi connectivity index (χ1n) is 5.38. The third-order valence-corrected chi connectivity index (χ3v) is 3.58. The minimum atomic E-state index is 0.199. The third kappa shape index (κ3) is 3.53. The topological polar surface area (TPSA) is 24.9 Å². The van der Waals surface area contributed by atoms with E-state index in [0.717, 1.165) is 6.54 Å². The van der Waals surface area contributed by atoms with Crippen molar-refractivity contribution in [3.63, 3.8) is 0 Å². The van der Waals surface area contributed by atoms with Crippen LogP contribution in [-0.4, -0.2) is 11.5 Å². The van der Waals surface area contributed by atoms with Gasteiger partial charge in [-0.05, 0) is 17.4 Å². The minimum absolute atomic E-state index is 0.199. The Balaban J connectivity index is 2.68. The van der Waals surface area contributed by atoms with Gasteiger partial charge in [-0.15, -0.1) is 0 Å². The number of pyridine rings is 1. The Morgan fingerprint density at radius 2 is 2.00 bits per heavy atom. The van der Waals surface area contributed by atoms with Gasteiger partial charge in [-0.2, -0.15) is 0 Å². The summed E-state index contributed by atoms with van der Waals surface area (Å²) in [4.78, 5) is 4.17. The summed E-state index contributed by atoms with van der Waals surface area (Å²) < 4.78 is 0. The van der Waals surface area contributed by atoms with Gasteiger partial charge in [0.25, 0.3) is 0 Å². The molecule has 1 N–H and O–H groups in total. The number of anilines is 1. The van der Waals surface area contributed by atoms with Gasteiger partial charge in [-0.3, -0.25) is 0 Å². The molecule has 0 saturated heterocycles. The van der Waals surface area contributed by atoms with Crippen LogP contribution in [0.5, 0.6) is 0 Å². The molecular formula is C12H18Cl2N2. The van der Waals surface area contributed by atoms with E-state index in [-0.39, 0.29) is 5.41 Å². The first-order valence-corrected chi connectivity index (χ1v) is 6.13. The fourth-order valence-corrected chi connectivity index (χ4v) is 1.51. The predicted molar refractivity (Wildman–Crippen MR) is 71.4 cm³/mol. The van der Waals surface area contributed by atoms with Crippen LogP contribution >= 0.6 is 23.2 Å². The van der Waals surface area contributed by atoms with Crippen molar-refractivity contribution in [1.82, 2.24) is 4.98 Å². The lowest BCUT2D eigenvalue weighted by Gasteiger charge is -2.29. The van der Waals surface area contributed by atoms with Crippen LogP contribution in [0.2, 0.25) is 10.0 Å². The lowest BCUT2D eigenvalue weighted by atomic mass is 9.81. The SMILES string of the molecule is CC(C)C(C)(C)CNc1ncc(Cl)cc1Cl. The van der Waals surface area contributed by atoms with Gasteiger partial charge in [-0.1, -0.05) is 50.9 Å². The maximum atomic E-state index is 6.03. The van der Waals surface area contributed by atoms with Crippen LogP contribution in [0.1, 0.15) is 27.7 Å². The minimum Gasteiger partial charge on any atom is -0.368 e. The average Bonchev–Trinajstić information content (AvgIpc) is 2.16. The standard InChI is InChI=1S/C12H18Cl2N2/c1-8(2)12(3,4)7-16-11-10(14)5-9(13)6-15-11/h5-6,8H,7H2,1-4H3,(H,15,16). The van der Waals surface area contributed by atoms with Gasteiger partial charge in [0.15, 0.2) is 0 Å². The molecule has 0 saturated carbocycles. The van der Waals surface area contributed by atoms with E-state index in [1.165, 1.54) is 0 Å². The molecule has 1 aromatic heterocycles. The second-order valence-electron chi connectivity index (χ2n) is 4.98. The molecule has 1 rings (SSSR count). The zero-order chi connectivity index (χ0) is 12.3. The van der Waals surface area contributed by atoms with Crippen molar-refractivity contribution in [2.24, 2.45) is 11.3 Å². The third-order valence-electron chi connectivity index (χ3n) is 3.08. The largest absolute Gasteiger partial charge is 0.368 e. The van der Waals surface area contributed by atoms with Gasteiger partial charge in [0.2, 0.25) is 0 Å². The maximum Gasteiger partial charge on any atom is 0.144 e. The Bertz CT molecular complexity index is 362. The highest BCUT2D eigenvalue weighted by Crippen LogP contribution is 2.28. The molecular weight excluding hydrogens is 243 g/mol. The lowest BCUT2D eigenvalue weighted by molar-refractivity contribution is 0.269. The van der Waals surface area contributed by atoms with Crippen molar-refractivity contribution in [3.05, 3.63) is 22.3 Å². The number of aromatic nitrogens is 1. The van der Waals surface area contributed by atoms with Crippen molar-refractivity contribution in [1.29, 1.82) is 0 Å². The lowest BCUT2D eigenvalue weighted by Crippen LogP contribution is -2.28. The normalized spacial score (nSPS) is 11.9. The van der Waals surface area contributed by atoms with E-state index in [9.17, 15) is 0 Å². The van der Waals surface area contributed by atoms with Gasteiger partial charge in [0.05, 0.1) is 10.0 Å². The van der Waals surface area contributed by atoms with Crippen LogP contribution in [-0.2, 0) is 0 Å². The molecule has 0 aliphatic carbocycles. The van der Waals surface area contributed by atoms with Crippen LogP contribution in [0.15, 0.2) is 12.3 Å². The number of hydrogen-bond donors (Lipinski definition) is 1. The molecule has 4 heteroatoms. The second-order valence-corrected chi connectivity index (χ2v) is 5.82. The Morgan fingerprint density at radius 1 is 1.38 bits per heavy atom. The maximum absolute atomic E-state index is 6.03. The molecule has 0 spiro atoms. The van der Waals surface area contributed by atoms with E-state index >= 15 is 0 Å². The molecule has 0 bridgehead atoms. The van der Waals surface area contributed by atoms with Crippen LogP contribution in [0.4, 0.5) is 5.82 Å². The molecule has 0 aliphatic rings. The Labute approximate surface area is 107 Å². The summed E-state index contributed by atoms with van der Waals surface area (Å²) in [7, 11) is 0. The molecule has 90 valence electrons. The van der Waals surface area contributed by atoms with Crippen molar-refractivity contribution in [3.8, 4) is 0 Å². The van der Waals surface area contributed by atoms with Crippen LogP contribution in [0.25, 0.3) is 0 Å². The predicted octanol–water partition coefficient (Wildman–Crippen LogP) is 4.48. The molecule has 1 aromatic rings. The summed E-state index contributed by atoms with van der Waals surface area (Å²) in [5.41, 5.74) is 0.199. The molecule has 0 atom stereocenters. The molecule has 0 aliphatic heterocycles. The number of rotatable bonds is 4. The summed E-state index contributed by atoms with van der Waals surface area (Å²) >= 11 is 11.8. The van der Waals surface area contributed by atoms with Crippen molar-refractivity contribution < 1.29 is 0 Å². The van der Waals surface area contributed by atoms with E-state index in [1.807, 2.05) is 0 Å². The highest BCUT2D eigenvalue weighted by Gasteiger charge is 2.22. The summed E-state index contributed by atoms with van der Waals surface area (Å²) in [6, 6.07) is 1.70. The van der Waals surface area contributed by atoms with Crippen LogP contribution in [0, 0.1) is 11.3 Å². The van der Waals surface area contributed by atoms with Crippen LogP contribution < -0.4 is 5.32 Å². The highest BCUT2D eigenvalue weighted by molar-refractivity contribution is 6.35. The number of hydrogen-bond acceptors (Lipinski definition) is 2. The Hall–Kier alpha value is -0.470. The average molecular weight is 261 g/mol. The first kappa shape index (κ1) is 13.6. The smallest absolute Gasteiger partial charge is 0.144 e. The molecule has 2 nitrogen and oxygen atoms in total. The Kier molecular flexibility index (Phi) is 4.45. The second kappa shape index (κ2) is 5.24.